The van der Waals surface area contributed by atoms with Crippen LogP contribution in [-0.4, -0.2) is 29.3 Å². The van der Waals surface area contributed by atoms with Gasteiger partial charge in [-0.2, -0.15) is 0 Å². The number of nitrogens with zero attached hydrogens (tertiary/aromatic N) is 1. The second-order valence-corrected chi connectivity index (χ2v) is 6.37. The third-order valence-corrected chi connectivity index (χ3v) is 4.88. The summed E-state index contributed by atoms with van der Waals surface area (Å²) in [4.78, 5) is 17.3. The van der Waals surface area contributed by atoms with Gasteiger partial charge in [-0.15, -0.1) is 11.3 Å². The first-order valence-electron chi connectivity index (χ1n) is 6.68. The van der Waals surface area contributed by atoms with Crippen LogP contribution in [0.5, 0.6) is 0 Å². The number of aryl methyl sites for hydroxylation is 1. The van der Waals surface area contributed by atoms with Crippen LogP contribution in [0.25, 0.3) is 0 Å². The molecule has 1 heterocycles. The molecule has 0 radical (unpaired) electrons. The Bertz CT molecular complexity index is 443. The summed E-state index contributed by atoms with van der Waals surface area (Å²) in [5, 5.41) is 15.8. The van der Waals surface area contributed by atoms with E-state index >= 15 is 0 Å². The molecule has 1 atom stereocenters. The standard InChI is InChI=1S/C13H21N3O2S/c1-3-10-6-14-11(19-10)9(2)16-12(18)15-7-13(8-17)4-5-13/h6,9,17H,3-5,7-8H2,1-2H3,(H2,15,16,18). The predicted octanol–water partition coefficient (Wildman–Crippen LogP) is 1.84. The van der Waals surface area contributed by atoms with Gasteiger partial charge in [-0.1, -0.05) is 6.92 Å². The average Bonchev–Trinajstić information content (AvgIpc) is 3.03. The molecule has 0 aromatic carbocycles. The van der Waals surface area contributed by atoms with E-state index < -0.39 is 0 Å². The van der Waals surface area contributed by atoms with Crippen molar-refractivity contribution in [3.05, 3.63) is 16.1 Å². The quantitative estimate of drug-likeness (QED) is 0.746. The fourth-order valence-electron chi connectivity index (χ4n) is 1.83. The van der Waals surface area contributed by atoms with Gasteiger partial charge in [-0.05, 0) is 26.2 Å². The monoisotopic (exact) mass is 283 g/mol. The van der Waals surface area contributed by atoms with Crippen molar-refractivity contribution < 1.29 is 9.90 Å². The molecule has 1 aromatic heterocycles. The van der Waals surface area contributed by atoms with E-state index in [1.165, 1.54) is 4.88 Å². The molecule has 2 rings (SSSR count). The Hall–Kier alpha value is -1.14. The van der Waals surface area contributed by atoms with Gasteiger partial charge in [0.15, 0.2) is 0 Å². The van der Waals surface area contributed by atoms with Crippen LogP contribution in [-0.2, 0) is 6.42 Å². The highest BCUT2D eigenvalue weighted by molar-refractivity contribution is 7.11. The van der Waals surface area contributed by atoms with E-state index in [0.717, 1.165) is 24.3 Å². The van der Waals surface area contributed by atoms with Crippen molar-refractivity contribution >= 4 is 17.4 Å². The number of carbonyl (C=O) groups is 1. The number of aromatic nitrogens is 1. The van der Waals surface area contributed by atoms with Crippen molar-refractivity contribution in [3.63, 3.8) is 0 Å². The highest BCUT2D eigenvalue weighted by atomic mass is 32.1. The molecular formula is C13H21N3O2S. The third-order valence-electron chi connectivity index (χ3n) is 3.55. The largest absolute Gasteiger partial charge is 0.396 e. The number of hydrogen-bond acceptors (Lipinski definition) is 4. The number of aliphatic hydroxyl groups is 1. The van der Waals surface area contributed by atoms with Crippen LogP contribution < -0.4 is 10.6 Å². The van der Waals surface area contributed by atoms with E-state index in [2.05, 4.69) is 22.5 Å². The molecular weight excluding hydrogens is 262 g/mol. The van der Waals surface area contributed by atoms with Crippen LogP contribution in [0.3, 0.4) is 0 Å². The van der Waals surface area contributed by atoms with Gasteiger partial charge in [-0.25, -0.2) is 9.78 Å². The fraction of sp³-hybridized carbons (Fsp3) is 0.692. The summed E-state index contributed by atoms with van der Waals surface area (Å²) in [6, 6.07) is -0.282. The summed E-state index contributed by atoms with van der Waals surface area (Å²) in [6.45, 7) is 4.71. The lowest BCUT2D eigenvalue weighted by molar-refractivity contribution is 0.202. The Kier molecular flexibility index (Phi) is 4.42. The smallest absolute Gasteiger partial charge is 0.315 e. The molecule has 1 aromatic rings. The number of thiazole rings is 1. The molecule has 6 heteroatoms. The van der Waals surface area contributed by atoms with Crippen LogP contribution in [0.2, 0.25) is 0 Å². The SMILES string of the molecule is CCc1cnc(C(C)NC(=O)NCC2(CO)CC2)s1. The molecule has 5 nitrogen and oxygen atoms in total. The molecule has 1 saturated carbocycles. The van der Waals surface area contributed by atoms with Crippen LogP contribution in [0, 0.1) is 5.41 Å². The molecule has 19 heavy (non-hydrogen) atoms. The van der Waals surface area contributed by atoms with Gasteiger partial charge in [0.2, 0.25) is 0 Å². The molecule has 0 saturated heterocycles. The average molecular weight is 283 g/mol. The van der Waals surface area contributed by atoms with Crippen LogP contribution in [0.15, 0.2) is 6.20 Å². The normalized spacial score (nSPS) is 17.8. The number of aliphatic hydroxyl groups excluding tert-OH is 1. The van der Waals surface area contributed by atoms with Crippen molar-refractivity contribution in [1.82, 2.24) is 15.6 Å². The van der Waals surface area contributed by atoms with Gasteiger partial charge in [0.05, 0.1) is 12.6 Å². The summed E-state index contributed by atoms with van der Waals surface area (Å²) in [7, 11) is 0. The second-order valence-electron chi connectivity index (χ2n) is 5.23. The van der Waals surface area contributed by atoms with E-state index in [1.807, 2.05) is 13.1 Å². The number of amides is 2. The molecule has 3 N–H and O–H groups in total. The number of hydrogen-bond donors (Lipinski definition) is 3. The highest BCUT2D eigenvalue weighted by Gasteiger charge is 2.42. The Morgan fingerprint density at radius 2 is 2.37 bits per heavy atom. The minimum atomic E-state index is -0.194. The number of nitrogens with one attached hydrogen (secondary N) is 2. The van der Waals surface area contributed by atoms with Crippen molar-refractivity contribution in [2.45, 2.75) is 39.2 Å². The van der Waals surface area contributed by atoms with Gasteiger partial charge >= 0.3 is 6.03 Å². The molecule has 0 aliphatic heterocycles. The van der Waals surface area contributed by atoms with Gasteiger partial charge in [-0.3, -0.25) is 0 Å². The van der Waals surface area contributed by atoms with Gasteiger partial charge in [0.1, 0.15) is 5.01 Å². The second kappa shape index (κ2) is 5.88. The summed E-state index contributed by atoms with van der Waals surface area (Å²) >= 11 is 1.63. The zero-order valence-corrected chi connectivity index (χ0v) is 12.2. The Morgan fingerprint density at radius 3 is 2.89 bits per heavy atom. The first kappa shape index (κ1) is 14.3. The molecule has 0 bridgehead atoms. The summed E-state index contributed by atoms with van der Waals surface area (Å²) < 4.78 is 0. The van der Waals surface area contributed by atoms with E-state index in [1.54, 1.807) is 11.3 Å². The number of carbonyl (C=O) groups excluding carboxylic acids is 1. The maximum Gasteiger partial charge on any atom is 0.315 e. The predicted molar refractivity (Wildman–Crippen MR) is 75.2 cm³/mol. The van der Waals surface area contributed by atoms with Gasteiger partial charge in [0, 0.05) is 23.0 Å². The topological polar surface area (TPSA) is 74.2 Å². The lowest BCUT2D eigenvalue weighted by Crippen LogP contribution is -2.40. The lowest BCUT2D eigenvalue weighted by atomic mass is 10.1. The lowest BCUT2D eigenvalue weighted by Gasteiger charge is -2.15. The van der Waals surface area contributed by atoms with E-state index in [-0.39, 0.29) is 24.1 Å². The first-order chi connectivity index (χ1) is 9.08. The van der Waals surface area contributed by atoms with Gasteiger partial charge < -0.3 is 15.7 Å². The van der Waals surface area contributed by atoms with Crippen molar-refractivity contribution in [3.8, 4) is 0 Å². The van der Waals surface area contributed by atoms with Crippen LogP contribution >= 0.6 is 11.3 Å². The van der Waals surface area contributed by atoms with Crippen molar-refractivity contribution in [2.75, 3.05) is 13.2 Å². The molecule has 0 spiro atoms. The molecule has 1 aliphatic carbocycles. The minimum Gasteiger partial charge on any atom is -0.396 e. The van der Waals surface area contributed by atoms with Crippen molar-refractivity contribution in [1.29, 1.82) is 0 Å². The van der Waals surface area contributed by atoms with E-state index in [4.69, 9.17) is 0 Å². The maximum absolute atomic E-state index is 11.8. The summed E-state index contributed by atoms with van der Waals surface area (Å²) in [5.74, 6) is 0. The fourth-order valence-corrected chi connectivity index (χ4v) is 2.69. The molecule has 1 unspecified atom stereocenters. The van der Waals surface area contributed by atoms with Crippen LogP contribution in [0.4, 0.5) is 4.79 Å². The molecule has 1 aliphatic rings. The Balaban J connectivity index is 1.78. The van der Waals surface area contributed by atoms with Crippen LogP contribution in [0.1, 0.15) is 42.6 Å². The van der Waals surface area contributed by atoms with Crippen molar-refractivity contribution in [2.24, 2.45) is 5.41 Å². The third kappa shape index (κ3) is 3.67. The summed E-state index contributed by atoms with van der Waals surface area (Å²) in [5.41, 5.74) is -0.0584. The van der Waals surface area contributed by atoms with Gasteiger partial charge in [0.25, 0.3) is 0 Å². The first-order valence-corrected chi connectivity index (χ1v) is 7.50. The Morgan fingerprint density at radius 1 is 1.63 bits per heavy atom. The molecule has 106 valence electrons. The zero-order chi connectivity index (χ0) is 13.9. The molecule has 2 amide bonds. The Labute approximate surface area is 117 Å². The number of urea groups is 1. The highest BCUT2D eigenvalue weighted by Crippen LogP contribution is 2.44. The zero-order valence-electron chi connectivity index (χ0n) is 11.4. The van der Waals surface area contributed by atoms with E-state index in [9.17, 15) is 9.90 Å². The maximum atomic E-state index is 11.8. The molecule has 1 fully saturated rings. The number of rotatable bonds is 6. The summed E-state index contributed by atoms with van der Waals surface area (Å²) in [6.07, 6.45) is 4.81. The van der Waals surface area contributed by atoms with E-state index in [0.29, 0.717) is 6.54 Å². The minimum absolute atomic E-state index is 0.0584.